The minimum absolute atomic E-state index is 0.476. The second-order valence-corrected chi connectivity index (χ2v) is 4.64. The highest BCUT2D eigenvalue weighted by Gasteiger charge is 2.09. The van der Waals surface area contributed by atoms with Crippen molar-refractivity contribution >= 4 is 21.6 Å². The fourth-order valence-corrected chi connectivity index (χ4v) is 2.45. The van der Waals surface area contributed by atoms with E-state index in [9.17, 15) is 0 Å². The lowest BCUT2D eigenvalue weighted by atomic mass is 10.1. The van der Waals surface area contributed by atoms with Gasteiger partial charge in [0.2, 0.25) is 0 Å². The molecule has 0 aromatic carbocycles. The second kappa shape index (κ2) is 5.21. The second-order valence-electron chi connectivity index (χ2n) is 3.43. The van der Waals surface area contributed by atoms with Gasteiger partial charge in [0.05, 0.1) is 20.9 Å². The Morgan fingerprint density at radius 1 is 1.27 bits per heavy atom. The average molecular weight is 222 g/mol. The molecular weight excluding hydrogens is 204 g/mol. The predicted molar refractivity (Wildman–Crippen MR) is 67.6 cm³/mol. The Morgan fingerprint density at radius 2 is 1.93 bits per heavy atom. The number of aryl methyl sites for hydroxylation is 1. The first-order chi connectivity index (χ1) is 7.18. The van der Waals surface area contributed by atoms with Gasteiger partial charge in [-0.05, 0) is 18.9 Å². The van der Waals surface area contributed by atoms with Crippen molar-refractivity contribution in [1.82, 2.24) is 9.97 Å². The molecule has 0 saturated carbocycles. The molecule has 15 heavy (non-hydrogen) atoms. The van der Waals surface area contributed by atoms with E-state index in [0.29, 0.717) is 5.92 Å². The molecule has 2 nitrogen and oxygen atoms in total. The first kappa shape index (κ1) is 12.1. The van der Waals surface area contributed by atoms with Gasteiger partial charge in [-0.2, -0.15) is 0 Å². The molecule has 0 saturated heterocycles. The molecule has 0 aliphatic rings. The van der Waals surface area contributed by atoms with E-state index in [1.165, 1.54) is 10.4 Å². The molecule has 0 bridgehead atoms. The number of fused-ring (bicyclic) bond motifs is 1. The third-order valence-electron chi connectivity index (χ3n) is 1.99. The quantitative estimate of drug-likeness (QED) is 0.724. The third-order valence-corrected chi connectivity index (χ3v) is 2.99. The van der Waals surface area contributed by atoms with Crippen molar-refractivity contribution in [2.24, 2.45) is 0 Å². The number of thiazole rings is 1. The monoisotopic (exact) mass is 222 g/mol. The maximum absolute atomic E-state index is 4.43. The van der Waals surface area contributed by atoms with Crippen molar-refractivity contribution in [1.29, 1.82) is 0 Å². The van der Waals surface area contributed by atoms with Crippen molar-refractivity contribution in [3.05, 3.63) is 23.0 Å². The molecule has 82 valence electrons. The average Bonchev–Trinajstić information content (AvgIpc) is 2.60. The molecule has 0 aliphatic heterocycles. The van der Waals surface area contributed by atoms with Crippen LogP contribution in [0.5, 0.6) is 0 Å². The minimum Gasteiger partial charge on any atom is -0.259 e. The normalized spacial score (nSPS) is 10.3. The zero-order valence-corrected chi connectivity index (χ0v) is 10.9. The van der Waals surface area contributed by atoms with E-state index in [1.807, 2.05) is 33.0 Å². The van der Waals surface area contributed by atoms with Gasteiger partial charge in [0.25, 0.3) is 0 Å². The summed E-state index contributed by atoms with van der Waals surface area (Å²) < 4.78 is 1.25. The van der Waals surface area contributed by atoms with Gasteiger partial charge in [0.1, 0.15) is 0 Å². The smallest absolute Gasteiger partial charge is 0.0908 e. The van der Waals surface area contributed by atoms with Gasteiger partial charge in [-0.25, -0.2) is 4.98 Å². The van der Waals surface area contributed by atoms with Crippen LogP contribution < -0.4 is 0 Å². The number of pyridine rings is 1. The summed E-state index contributed by atoms with van der Waals surface area (Å²) in [6, 6.07) is 1.98. The maximum Gasteiger partial charge on any atom is 0.0908 e. The van der Waals surface area contributed by atoms with Crippen LogP contribution in [0.2, 0.25) is 0 Å². The number of aromatic nitrogens is 2. The van der Waals surface area contributed by atoms with Crippen LogP contribution in [0.1, 0.15) is 44.3 Å². The molecule has 3 heteroatoms. The van der Waals surface area contributed by atoms with E-state index >= 15 is 0 Å². The molecule has 2 rings (SSSR count). The summed E-state index contributed by atoms with van der Waals surface area (Å²) >= 11 is 1.73. The van der Waals surface area contributed by atoms with Crippen molar-refractivity contribution in [3.63, 3.8) is 0 Å². The molecule has 2 aromatic rings. The third kappa shape index (κ3) is 2.53. The Balaban J connectivity index is 0.000000531. The van der Waals surface area contributed by atoms with Crippen LogP contribution in [0.15, 0.2) is 12.3 Å². The van der Waals surface area contributed by atoms with Crippen LogP contribution in [-0.2, 0) is 0 Å². The number of nitrogens with zero attached hydrogens (tertiary/aromatic N) is 2. The van der Waals surface area contributed by atoms with Crippen molar-refractivity contribution < 1.29 is 0 Å². The first-order valence-electron chi connectivity index (χ1n) is 5.40. The lowest BCUT2D eigenvalue weighted by molar-refractivity contribution is 0.836. The summed E-state index contributed by atoms with van der Waals surface area (Å²) in [5.41, 5.74) is 2.25. The summed E-state index contributed by atoms with van der Waals surface area (Å²) in [7, 11) is 0. The van der Waals surface area contributed by atoms with Gasteiger partial charge < -0.3 is 0 Å². The molecule has 0 amide bonds. The fourth-order valence-electron chi connectivity index (χ4n) is 1.40. The van der Waals surface area contributed by atoms with Crippen molar-refractivity contribution in [3.8, 4) is 0 Å². The van der Waals surface area contributed by atoms with Gasteiger partial charge in [-0.15, -0.1) is 11.3 Å². The zero-order valence-electron chi connectivity index (χ0n) is 10.0. The molecule has 0 atom stereocenters. The molecule has 0 N–H and O–H groups in total. The van der Waals surface area contributed by atoms with Crippen LogP contribution in [0.25, 0.3) is 10.2 Å². The molecule has 0 unspecified atom stereocenters. The van der Waals surface area contributed by atoms with E-state index in [4.69, 9.17) is 0 Å². The van der Waals surface area contributed by atoms with Gasteiger partial charge in [0.15, 0.2) is 0 Å². The number of hydrogen-bond donors (Lipinski definition) is 0. The lowest BCUT2D eigenvalue weighted by Crippen LogP contribution is -1.91. The van der Waals surface area contributed by atoms with Crippen LogP contribution in [0.3, 0.4) is 0 Å². The van der Waals surface area contributed by atoms with Gasteiger partial charge in [0, 0.05) is 6.20 Å². The fraction of sp³-hybridized carbons (Fsp3) is 0.500. The topological polar surface area (TPSA) is 25.8 Å². The van der Waals surface area contributed by atoms with Crippen LogP contribution >= 0.6 is 11.3 Å². The molecule has 0 radical (unpaired) electrons. The summed E-state index contributed by atoms with van der Waals surface area (Å²) in [4.78, 5) is 8.82. The number of rotatable bonds is 1. The highest BCUT2D eigenvalue weighted by atomic mass is 32.1. The van der Waals surface area contributed by atoms with E-state index in [1.54, 1.807) is 11.3 Å². The Bertz CT molecular complexity index is 432. The molecule has 2 heterocycles. The van der Waals surface area contributed by atoms with Crippen molar-refractivity contribution in [2.45, 2.75) is 40.5 Å². The predicted octanol–water partition coefficient (Wildman–Crippen LogP) is 4.15. The highest BCUT2D eigenvalue weighted by Crippen LogP contribution is 2.27. The van der Waals surface area contributed by atoms with Gasteiger partial charge in [-0.1, -0.05) is 27.7 Å². The van der Waals surface area contributed by atoms with Crippen molar-refractivity contribution in [2.75, 3.05) is 0 Å². The molecular formula is C12H18N2S. The molecule has 2 aromatic heterocycles. The minimum atomic E-state index is 0.476. The number of hydrogen-bond acceptors (Lipinski definition) is 3. The summed E-state index contributed by atoms with van der Waals surface area (Å²) in [6.07, 6.45) is 1.84. The van der Waals surface area contributed by atoms with E-state index in [0.717, 1.165) is 10.5 Å². The van der Waals surface area contributed by atoms with Crippen LogP contribution in [0, 0.1) is 6.92 Å². The van der Waals surface area contributed by atoms with E-state index in [-0.39, 0.29) is 0 Å². The Hall–Kier alpha value is -0.960. The molecule has 0 spiro atoms. The zero-order chi connectivity index (χ0) is 11.4. The van der Waals surface area contributed by atoms with E-state index < -0.39 is 0 Å². The molecule has 0 aliphatic carbocycles. The first-order valence-corrected chi connectivity index (χ1v) is 6.22. The van der Waals surface area contributed by atoms with Gasteiger partial charge >= 0.3 is 0 Å². The SMILES string of the molecule is CC.Cc1nc2ccnc(C(C)C)c2s1. The summed E-state index contributed by atoms with van der Waals surface area (Å²) in [5, 5.41) is 1.12. The lowest BCUT2D eigenvalue weighted by Gasteiger charge is -2.03. The van der Waals surface area contributed by atoms with Crippen LogP contribution in [-0.4, -0.2) is 9.97 Å². The Kier molecular flexibility index (Phi) is 4.21. The Morgan fingerprint density at radius 3 is 2.53 bits per heavy atom. The molecule has 0 fully saturated rings. The largest absolute Gasteiger partial charge is 0.259 e. The maximum atomic E-state index is 4.43. The van der Waals surface area contributed by atoms with E-state index in [2.05, 4.69) is 23.8 Å². The Labute approximate surface area is 95.4 Å². The van der Waals surface area contributed by atoms with Gasteiger partial charge in [-0.3, -0.25) is 4.98 Å². The standard InChI is InChI=1S/C10H12N2S.C2H6/c1-6(2)9-10-8(4-5-11-9)12-7(3)13-10;1-2/h4-6H,1-3H3;1-2H3. The van der Waals surface area contributed by atoms with Crippen LogP contribution in [0.4, 0.5) is 0 Å². The summed E-state index contributed by atoms with van der Waals surface area (Å²) in [5.74, 6) is 0.476. The summed E-state index contributed by atoms with van der Waals surface area (Å²) in [6.45, 7) is 10.4. The highest BCUT2D eigenvalue weighted by molar-refractivity contribution is 7.18.